The van der Waals surface area contributed by atoms with Crippen LogP contribution < -0.4 is 4.31 Å². The highest BCUT2D eigenvalue weighted by molar-refractivity contribution is 9.11. The van der Waals surface area contributed by atoms with Gasteiger partial charge in [0.05, 0.1) is 26.1 Å². The average Bonchev–Trinajstić information content (AvgIpc) is 2.78. The van der Waals surface area contributed by atoms with Crippen molar-refractivity contribution in [3.63, 3.8) is 0 Å². The second-order valence-electron chi connectivity index (χ2n) is 3.82. The zero-order valence-electron chi connectivity index (χ0n) is 10.2. The molecular formula is C12H8BrClN2O2S2. The molecule has 1 heterocycles. The molecule has 20 heavy (non-hydrogen) atoms. The third kappa shape index (κ3) is 2.83. The number of nitriles is 1. The SMILES string of the molecule is CN(c1cccc(C#N)c1)S(=O)(=O)c1cc(Cl)c(Br)s1. The van der Waals surface area contributed by atoms with Gasteiger partial charge in [-0.1, -0.05) is 17.7 Å². The van der Waals surface area contributed by atoms with Gasteiger partial charge in [-0.15, -0.1) is 11.3 Å². The van der Waals surface area contributed by atoms with E-state index in [1.54, 1.807) is 18.2 Å². The minimum Gasteiger partial charge on any atom is -0.269 e. The maximum absolute atomic E-state index is 12.5. The summed E-state index contributed by atoms with van der Waals surface area (Å²) in [4.78, 5) is 0. The maximum atomic E-state index is 12.5. The van der Waals surface area contributed by atoms with E-state index < -0.39 is 10.0 Å². The van der Waals surface area contributed by atoms with Crippen molar-refractivity contribution in [1.29, 1.82) is 5.26 Å². The van der Waals surface area contributed by atoms with Gasteiger partial charge in [0.25, 0.3) is 10.0 Å². The molecule has 0 unspecified atom stereocenters. The standard InChI is InChI=1S/C12H8BrClN2O2S2/c1-16(9-4-2-3-8(5-9)7-15)20(17,18)11-6-10(14)12(13)19-11/h2-6H,1H3. The van der Waals surface area contributed by atoms with Gasteiger partial charge in [0, 0.05) is 7.05 Å². The molecular weight excluding hydrogens is 384 g/mol. The topological polar surface area (TPSA) is 61.2 Å². The van der Waals surface area contributed by atoms with Crippen molar-refractivity contribution in [2.75, 3.05) is 11.4 Å². The van der Waals surface area contributed by atoms with Crippen molar-refractivity contribution in [2.24, 2.45) is 0 Å². The zero-order chi connectivity index (χ0) is 14.9. The lowest BCUT2D eigenvalue weighted by atomic mass is 10.2. The molecule has 0 aliphatic carbocycles. The molecule has 0 spiro atoms. The van der Waals surface area contributed by atoms with E-state index in [-0.39, 0.29) is 4.21 Å². The molecule has 0 saturated carbocycles. The summed E-state index contributed by atoms with van der Waals surface area (Å²) in [5, 5.41) is 9.22. The van der Waals surface area contributed by atoms with Crippen molar-refractivity contribution in [2.45, 2.75) is 4.21 Å². The largest absolute Gasteiger partial charge is 0.273 e. The monoisotopic (exact) mass is 390 g/mol. The quantitative estimate of drug-likeness (QED) is 0.798. The van der Waals surface area contributed by atoms with E-state index in [4.69, 9.17) is 16.9 Å². The Morgan fingerprint density at radius 3 is 2.65 bits per heavy atom. The van der Waals surface area contributed by atoms with Crippen LogP contribution in [0.4, 0.5) is 5.69 Å². The van der Waals surface area contributed by atoms with Gasteiger partial charge in [-0.05, 0) is 40.2 Å². The van der Waals surface area contributed by atoms with Gasteiger partial charge in [0.2, 0.25) is 0 Å². The normalized spacial score (nSPS) is 11.1. The van der Waals surface area contributed by atoms with E-state index in [0.29, 0.717) is 20.1 Å². The van der Waals surface area contributed by atoms with Crippen LogP contribution >= 0.6 is 38.9 Å². The van der Waals surface area contributed by atoms with Crippen LogP contribution in [-0.2, 0) is 10.0 Å². The van der Waals surface area contributed by atoms with Gasteiger partial charge >= 0.3 is 0 Å². The lowest BCUT2D eigenvalue weighted by molar-refractivity contribution is 0.596. The van der Waals surface area contributed by atoms with Gasteiger partial charge in [-0.2, -0.15) is 5.26 Å². The second-order valence-corrected chi connectivity index (χ2v) is 8.80. The molecule has 2 rings (SSSR count). The second kappa shape index (κ2) is 5.74. The first-order valence-electron chi connectivity index (χ1n) is 5.30. The first kappa shape index (κ1) is 15.3. The van der Waals surface area contributed by atoms with Gasteiger partial charge < -0.3 is 0 Å². The Morgan fingerprint density at radius 2 is 2.10 bits per heavy atom. The van der Waals surface area contributed by atoms with Crippen molar-refractivity contribution in [3.8, 4) is 6.07 Å². The molecule has 0 fully saturated rings. The molecule has 1 aromatic carbocycles. The molecule has 1 aromatic heterocycles. The van der Waals surface area contributed by atoms with Crippen LogP contribution in [0.25, 0.3) is 0 Å². The summed E-state index contributed by atoms with van der Waals surface area (Å²) in [7, 11) is -2.25. The number of benzene rings is 1. The number of thiophene rings is 1. The van der Waals surface area contributed by atoms with Crippen LogP contribution in [0.15, 0.2) is 38.3 Å². The lowest BCUT2D eigenvalue weighted by Gasteiger charge is -2.18. The summed E-state index contributed by atoms with van der Waals surface area (Å²) in [6.07, 6.45) is 0. The molecule has 8 heteroatoms. The first-order chi connectivity index (χ1) is 9.36. The third-order valence-electron chi connectivity index (χ3n) is 2.58. The Kier molecular flexibility index (Phi) is 4.39. The van der Waals surface area contributed by atoms with E-state index in [1.807, 2.05) is 6.07 Å². The Bertz CT molecular complexity index is 777. The Morgan fingerprint density at radius 1 is 1.40 bits per heavy atom. The Balaban J connectivity index is 2.46. The minimum absolute atomic E-state index is 0.138. The van der Waals surface area contributed by atoms with Crippen molar-refractivity contribution < 1.29 is 8.42 Å². The number of anilines is 1. The summed E-state index contributed by atoms with van der Waals surface area (Å²) in [6.45, 7) is 0. The zero-order valence-corrected chi connectivity index (χ0v) is 14.1. The van der Waals surface area contributed by atoms with Crippen molar-refractivity contribution in [1.82, 2.24) is 0 Å². The molecule has 0 aliphatic rings. The van der Waals surface area contributed by atoms with Gasteiger partial charge in [-0.3, -0.25) is 4.31 Å². The van der Waals surface area contributed by atoms with Crippen LogP contribution in [0.1, 0.15) is 5.56 Å². The summed E-state index contributed by atoms with van der Waals surface area (Å²) in [5.41, 5.74) is 0.819. The van der Waals surface area contributed by atoms with Crippen LogP contribution in [-0.4, -0.2) is 15.5 Å². The first-order valence-corrected chi connectivity index (χ1v) is 8.73. The molecule has 2 aromatic rings. The van der Waals surface area contributed by atoms with E-state index in [0.717, 1.165) is 15.6 Å². The smallest absolute Gasteiger partial charge is 0.269 e. The number of hydrogen-bond acceptors (Lipinski definition) is 4. The van der Waals surface area contributed by atoms with Crippen LogP contribution in [0, 0.1) is 11.3 Å². The highest BCUT2D eigenvalue weighted by Crippen LogP contribution is 2.36. The highest BCUT2D eigenvalue weighted by Gasteiger charge is 2.24. The molecule has 0 amide bonds. The number of nitrogens with zero attached hydrogens (tertiary/aromatic N) is 2. The van der Waals surface area contributed by atoms with Crippen molar-refractivity contribution >= 4 is 54.6 Å². The molecule has 0 bridgehead atoms. The van der Waals surface area contributed by atoms with Gasteiger partial charge in [0.1, 0.15) is 4.21 Å². The summed E-state index contributed by atoms with van der Waals surface area (Å²) >= 11 is 10.1. The van der Waals surface area contributed by atoms with E-state index in [1.165, 1.54) is 19.2 Å². The van der Waals surface area contributed by atoms with Crippen LogP contribution in [0.3, 0.4) is 0 Å². The fourth-order valence-corrected chi connectivity index (χ4v) is 5.26. The Labute approximate surface area is 134 Å². The number of halogens is 2. The van der Waals surface area contributed by atoms with Crippen LogP contribution in [0.5, 0.6) is 0 Å². The van der Waals surface area contributed by atoms with Gasteiger partial charge in [0.15, 0.2) is 0 Å². The molecule has 4 nitrogen and oxygen atoms in total. The average molecular weight is 392 g/mol. The number of rotatable bonds is 3. The molecule has 0 radical (unpaired) electrons. The predicted octanol–water partition coefficient (Wildman–Crippen LogP) is 3.86. The highest BCUT2D eigenvalue weighted by atomic mass is 79.9. The summed E-state index contributed by atoms with van der Waals surface area (Å²) in [6, 6.07) is 9.77. The Hall–Kier alpha value is -1.07. The summed E-state index contributed by atoms with van der Waals surface area (Å²) in [5.74, 6) is 0. The van der Waals surface area contributed by atoms with Crippen LogP contribution in [0.2, 0.25) is 5.02 Å². The fourth-order valence-electron chi connectivity index (χ4n) is 1.50. The van der Waals surface area contributed by atoms with E-state index in [2.05, 4.69) is 15.9 Å². The maximum Gasteiger partial charge on any atom is 0.273 e. The molecule has 0 atom stereocenters. The lowest BCUT2D eigenvalue weighted by Crippen LogP contribution is -2.25. The van der Waals surface area contributed by atoms with E-state index in [9.17, 15) is 8.42 Å². The van der Waals surface area contributed by atoms with E-state index >= 15 is 0 Å². The molecule has 0 N–H and O–H groups in total. The minimum atomic E-state index is -3.69. The summed E-state index contributed by atoms with van der Waals surface area (Å²) < 4.78 is 26.8. The predicted molar refractivity (Wildman–Crippen MR) is 83.8 cm³/mol. The molecule has 0 saturated heterocycles. The molecule has 104 valence electrons. The third-order valence-corrected chi connectivity index (χ3v) is 7.29. The number of hydrogen-bond donors (Lipinski definition) is 0. The van der Waals surface area contributed by atoms with Crippen molar-refractivity contribution in [3.05, 3.63) is 44.7 Å². The molecule has 0 aliphatic heterocycles. The fraction of sp³-hybridized carbons (Fsp3) is 0.0833. The number of sulfonamides is 1. The van der Waals surface area contributed by atoms with Gasteiger partial charge in [-0.25, -0.2) is 8.42 Å².